The Bertz CT molecular complexity index is 551. The third kappa shape index (κ3) is 1.92. The zero-order chi connectivity index (χ0) is 11.5. The monoisotopic (exact) mass is 217 g/mol. The summed E-state index contributed by atoms with van der Waals surface area (Å²) < 4.78 is 18.1. The molecule has 0 bridgehead atoms. The quantitative estimate of drug-likeness (QED) is 0.571. The van der Waals surface area contributed by atoms with Gasteiger partial charge in [0.25, 0.3) is 0 Å². The van der Waals surface area contributed by atoms with E-state index in [9.17, 15) is 9.18 Å². The standard InChI is InChI=1S/C12H8FNO2/c1-8-11(14-7-15)6-12(16-8)9-2-4-10(13)5-3-9/h2-6H,1H3. The summed E-state index contributed by atoms with van der Waals surface area (Å²) in [5.74, 6) is 0.771. The number of aryl methyl sites for hydroxylation is 1. The molecule has 0 aliphatic carbocycles. The Hall–Kier alpha value is -2.19. The van der Waals surface area contributed by atoms with Crippen LogP contribution in [0, 0.1) is 12.7 Å². The Morgan fingerprint density at radius 2 is 2.00 bits per heavy atom. The van der Waals surface area contributed by atoms with Crippen molar-refractivity contribution < 1.29 is 13.6 Å². The van der Waals surface area contributed by atoms with Crippen LogP contribution in [0.4, 0.5) is 10.1 Å². The lowest BCUT2D eigenvalue weighted by Crippen LogP contribution is -1.75. The molecule has 3 nitrogen and oxygen atoms in total. The van der Waals surface area contributed by atoms with Crippen LogP contribution in [0.3, 0.4) is 0 Å². The van der Waals surface area contributed by atoms with Gasteiger partial charge in [-0.15, -0.1) is 0 Å². The largest absolute Gasteiger partial charge is 0.459 e. The molecule has 0 amide bonds. The van der Waals surface area contributed by atoms with Crippen molar-refractivity contribution in [3.05, 3.63) is 41.9 Å². The smallest absolute Gasteiger partial charge is 0.240 e. The molecule has 2 rings (SSSR count). The van der Waals surface area contributed by atoms with E-state index >= 15 is 0 Å². The summed E-state index contributed by atoms with van der Waals surface area (Å²) in [6.45, 7) is 1.70. The molecular weight excluding hydrogens is 209 g/mol. The molecule has 4 heteroatoms. The molecule has 0 saturated carbocycles. The van der Waals surface area contributed by atoms with Crippen LogP contribution in [0.25, 0.3) is 11.3 Å². The first-order valence-electron chi connectivity index (χ1n) is 4.65. The summed E-state index contributed by atoms with van der Waals surface area (Å²) in [5, 5.41) is 0. The molecule has 16 heavy (non-hydrogen) atoms. The van der Waals surface area contributed by atoms with Crippen LogP contribution in [-0.4, -0.2) is 6.08 Å². The lowest BCUT2D eigenvalue weighted by molar-refractivity contribution is 0.547. The van der Waals surface area contributed by atoms with Gasteiger partial charge in [-0.05, 0) is 31.2 Å². The van der Waals surface area contributed by atoms with Crippen molar-refractivity contribution in [2.24, 2.45) is 4.99 Å². The van der Waals surface area contributed by atoms with E-state index in [1.807, 2.05) is 0 Å². The number of furan rings is 1. The van der Waals surface area contributed by atoms with Crippen LogP contribution in [0.5, 0.6) is 0 Å². The fourth-order valence-corrected chi connectivity index (χ4v) is 1.39. The van der Waals surface area contributed by atoms with Gasteiger partial charge in [0.1, 0.15) is 23.0 Å². The average molecular weight is 217 g/mol. The third-order valence-electron chi connectivity index (χ3n) is 2.19. The van der Waals surface area contributed by atoms with E-state index in [1.165, 1.54) is 18.2 Å². The van der Waals surface area contributed by atoms with Crippen molar-refractivity contribution in [1.82, 2.24) is 0 Å². The molecule has 1 aromatic carbocycles. The van der Waals surface area contributed by atoms with Gasteiger partial charge in [-0.25, -0.2) is 9.18 Å². The molecule has 0 fully saturated rings. The lowest BCUT2D eigenvalue weighted by atomic mass is 10.2. The maximum absolute atomic E-state index is 12.7. The van der Waals surface area contributed by atoms with Gasteiger partial charge in [-0.2, -0.15) is 4.99 Å². The first-order valence-corrected chi connectivity index (χ1v) is 4.65. The van der Waals surface area contributed by atoms with Gasteiger partial charge in [0.15, 0.2) is 0 Å². The normalized spacial score (nSPS) is 9.88. The number of rotatable bonds is 2. The topological polar surface area (TPSA) is 42.6 Å². The molecule has 0 N–H and O–H groups in total. The van der Waals surface area contributed by atoms with Crippen molar-refractivity contribution in [2.45, 2.75) is 6.92 Å². The Kier molecular flexibility index (Phi) is 2.66. The molecule has 80 valence electrons. The number of hydrogen-bond donors (Lipinski definition) is 0. The van der Waals surface area contributed by atoms with Crippen molar-refractivity contribution >= 4 is 11.8 Å². The SMILES string of the molecule is Cc1oc(-c2ccc(F)cc2)cc1N=C=O. The first kappa shape index (κ1) is 10.3. The minimum atomic E-state index is -0.307. The molecule has 2 aromatic rings. The van der Waals surface area contributed by atoms with E-state index in [2.05, 4.69) is 4.99 Å². The predicted octanol–water partition coefficient (Wildman–Crippen LogP) is 3.36. The molecule has 0 aliphatic rings. The van der Waals surface area contributed by atoms with Crippen molar-refractivity contribution in [3.8, 4) is 11.3 Å². The van der Waals surface area contributed by atoms with Crippen molar-refractivity contribution in [1.29, 1.82) is 0 Å². The van der Waals surface area contributed by atoms with Crippen molar-refractivity contribution in [2.75, 3.05) is 0 Å². The van der Waals surface area contributed by atoms with Crippen LogP contribution in [-0.2, 0) is 4.79 Å². The fourth-order valence-electron chi connectivity index (χ4n) is 1.39. The molecule has 0 saturated heterocycles. The van der Waals surface area contributed by atoms with Crippen LogP contribution in [0.2, 0.25) is 0 Å². The third-order valence-corrected chi connectivity index (χ3v) is 2.19. The van der Waals surface area contributed by atoms with Gasteiger partial charge >= 0.3 is 0 Å². The zero-order valence-electron chi connectivity index (χ0n) is 8.53. The van der Waals surface area contributed by atoms with E-state index in [1.54, 1.807) is 25.1 Å². The second-order valence-corrected chi connectivity index (χ2v) is 3.26. The minimum absolute atomic E-state index is 0.307. The summed E-state index contributed by atoms with van der Waals surface area (Å²) in [7, 11) is 0. The number of nitrogens with zero attached hydrogens (tertiary/aromatic N) is 1. The van der Waals surface area contributed by atoms with Crippen LogP contribution in [0.15, 0.2) is 39.7 Å². The number of isocyanates is 1. The molecule has 0 atom stereocenters. The molecule has 0 aliphatic heterocycles. The first-order chi connectivity index (χ1) is 7.70. The van der Waals surface area contributed by atoms with Crippen LogP contribution < -0.4 is 0 Å². The number of carbonyl (C=O) groups excluding carboxylic acids is 1. The average Bonchev–Trinajstić information content (AvgIpc) is 2.62. The van der Waals surface area contributed by atoms with Gasteiger partial charge in [-0.3, -0.25) is 0 Å². The molecule has 0 unspecified atom stereocenters. The van der Waals surface area contributed by atoms with E-state index < -0.39 is 0 Å². The van der Waals surface area contributed by atoms with Gasteiger partial charge in [0.2, 0.25) is 6.08 Å². The number of halogens is 1. The minimum Gasteiger partial charge on any atom is -0.459 e. The Morgan fingerprint density at radius 3 is 2.62 bits per heavy atom. The summed E-state index contributed by atoms with van der Waals surface area (Å²) in [6.07, 6.45) is 1.45. The second-order valence-electron chi connectivity index (χ2n) is 3.26. The Labute approximate surface area is 91.2 Å². The Balaban J connectivity index is 2.45. The van der Waals surface area contributed by atoms with Gasteiger partial charge in [-0.1, -0.05) is 0 Å². The summed E-state index contributed by atoms with van der Waals surface area (Å²) in [6, 6.07) is 7.50. The highest BCUT2D eigenvalue weighted by atomic mass is 19.1. The molecule has 0 spiro atoms. The number of benzene rings is 1. The molecular formula is C12H8FNO2. The highest BCUT2D eigenvalue weighted by Gasteiger charge is 2.08. The molecule has 1 aromatic heterocycles. The maximum atomic E-state index is 12.7. The molecule has 1 heterocycles. The lowest BCUT2D eigenvalue weighted by Gasteiger charge is -1.95. The van der Waals surface area contributed by atoms with Crippen LogP contribution >= 0.6 is 0 Å². The van der Waals surface area contributed by atoms with Gasteiger partial charge in [0, 0.05) is 11.6 Å². The van der Waals surface area contributed by atoms with Crippen molar-refractivity contribution in [3.63, 3.8) is 0 Å². The molecule has 0 radical (unpaired) electrons. The van der Waals surface area contributed by atoms with Crippen LogP contribution in [0.1, 0.15) is 5.76 Å². The predicted molar refractivity (Wildman–Crippen MR) is 56.6 cm³/mol. The summed E-state index contributed by atoms with van der Waals surface area (Å²) in [4.78, 5) is 13.6. The summed E-state index contributed by atoms with van der Waals surface area (Å²) >= 11 is 0. The van der Waals surface area contributed by atoms with E-state index in [0.29, 0.717) is 17.2 Å². The maximum Gasteiger partial charge on any atom is 0.240 e. The second kappa shape index (κ2) is 4.13. The van der Waals surface area contributed by atoms with E-state index in [-0.39, 0.29) is 5.82 Å². The van der Waals surface area contributed by atoms with Gasteiger partial charge in [0.05, 0.1) is 0 Å². The van der Waals surface area contributed by atoms with E-state index in [0.717, 1.165) is 5.56 Å². The zero-order valence-corrected chi connectivity index (χ0v) is 8.53. The number of hydrogen-bond acceptors (Lipinski definition) is 3. The highest BCUT2D eigenvalue weighted by Crippen LogP contribution is 2.30. The summed E-state index contributed by atoms with van der Waals surface area (Å²) in [5.41, 5.74) is 1.17. The Morgan fingerprint density at radius 1 is 1.31 bits per heavy atom. The van der Waals surface area contributed by atoms with E-state index in [4.69, 9.17) is 4.42 Å². The number of aliphatic imine (C=N–C) groups is 1. The highest BCUT2D eigenvalue weighted by molar-refractivity contribution is 5.64. The fraction of sp³-hybridized carbons (Fsp3) is 0.0833. The van der Waals surface area contributed by atoms with Gasteiger partial charge < -0.3 is 4.42 Å².